The van der Waals surface area contributed by atoms with E-state index in [1.165, 1.54) is 19.5 Å². The van der Waals surface area contributed by atoms with Crippen LogP contribution in [0, 0.1) is 11.8 Å². The molecule has 1 heterocycles. The molecule has 1 aliphatic heterocycles. The first kappa shape index (κ1) is 9.01. The molecule has 0 aromatic carbocycles. The number of piperidine rings is 1. The standard InChI is InChI=1S/C9H20N2/c1-7(2)8-6-11(3)5-4-9(8)10/h7-9H,4-6,10H2,1-3H3. The SMILES string of the molecule is CC(C)C1CN(C)CCC1N. The van der Waals surface area contributed by atoms with E-state index in [0.717, 1.165) is 5.92 Å². The van der Waals surface area contributed by atoms with Crippen molar-refractivity contribution in [2.45, 2.75) is 26.3 Å². The van der Waals surface area contributed by atoms with E-state index in [0.29, 0.717) is 12.0 Å². The fraction of sp³-hybridized carbons (Fsp3) is 1.00. The van der Waals surface area contributed by atoms with Gasteiger partial charge in [-0.1, -0.05) is 13.8 Å². The molecule has 0 aromatic rings. The lowest BCUT2D eigenvalue weighted by Gasteiger charge is -2.37. The fourth-order valence-electron chi connectivity index (χ4n) is 1.88. The fourth-order valence-corrected chi connectivity index (χ4v) is 1.88. The Balaban J connectivity index is 2.47. The van der Waals surface area contributed by atoms with Gasteiger partial charge in [-0.05, 0) is 31.8 Å². The van der Waals surface area contributed by atoms with Crippen molar-refractivity contribution >= 4 is 0 Å². The largest absolute Gasteiger partial charge is 0.327 e. The highest BCUT2D eigenvalue weighted by molar-refractivity contribution is 4.83. The van der Waals surface area contributed by atoms with E-state index >= 15 is 0 Å². The van der Waals surface area contributed by atoms with Crippen molar-refractivity contribution in [3.63, 3.8) is 0 Å². The van der Waals surface area contributed by atoms with Crippen LogP contribution in [0.1, 0.15) is 20.3 Å². The molecule has 0 amide bonds. The maximum absolute atomic E-state index is 6.02. The van der Waals surface area contributed by atoms with Gasteiger partial charge in [-0.15, -0.1) is 0 Å². The summed E-state index contributed by atoms with van der Waals surface area (Å²) < 4.78 is 0. The molecular formula is C9H20N2. The van der Waals surface area contributed by atoms with E-state index in [2.05, 4.69) is 25.8 Å². The van der Waals surface area contributed by atoms with Crippen LogP contribution < -0.4 is 5.73 Å². The molecule has 0 saturated carbocycles. The smallest absolute Gasteiger partial charge is 0.00939 e. The molecule has 66 valence electrons. The zero-order chi connectivity index (χ0) is 8.43. The van der Waals surface area contributed by atoms with Crippen LogP contribution in [0.25, 0.3) is 0 Å². The molecule has 0 aliphatic carbocycles. The van der Waals surface area contributed by atoms with Crippen molar-refractivity contribution in [2.24, 2.45) is 17.6 Å². The summed E-state index contributed by atoms with van der Waals surface area (Å²) in [5, 5.41) is 0. The third-order valence-electron chi connectivity index (χ3n) is 2.77. The van der Waals surface area contributed by atoms with Crippen molar-refractivity contribution < 1.29 is 0 Å². The van der Waals surface area contributed by atoms with Gasteiger partial charge in [-0.3, -0.25) is 0 Å². The molecule has 0 spiro atoms. The molecule has 0 bridgehead atoms. The average molecular weight is 156 g/mol. The quantitative estimate of drug-likeness (QED) is 0.612. The molecule has 11 heavy (non-hydrogen) atoms. The summed E-state index contributed by atoms with van der Waals surface area (Å²) in [7, 11) is 2.18. The Morgan fingerprint density at radius 1 is 1.45 bits per heavy atom. The first-order valence-corrected chi connectivity index (χ1v) is 4.55. The molecule has 1 fully saturated rings. The van der Waals surface area contributed by atoms with E-state index in [1.807, 2.05) is 0 Å². The molecule has 1 rings (SSSR count). The predicted molar refractivity (Wildman–Crippen MR) is 48.4 cm³/mol. The molecule has 1 aliphatic rings. The minimum absolute atomic E-state index is 0.436. The van der Waals surface area contributed by atoms with Crippen molar-refractivity contribution in [1.29, 1.82) is 0 Å². The van der Waals surface area contributed by atoms with Crippen molar-refractivity contribution in [2.75, 3.05) is 20.1 Å². The van der Waals surface area contributed by atoms with Crippen LogP contribution >= 0.6 is 0 Å². The highest BCUT2D eigenvalue weighted by atomic mass is 15.1. The van der Waals surface area contributed by atoms with Gasteiger partial charge in [-0.2, -0.15) is 0 Å². The summed E-state index contributed by atoms with van der Waals surface area (Å²) >= 11 is 0. The second-order valence-electron chi connectivity index (χ2n) is 4.12. The minimum atomic E-state index is 0.436. The summed E-state index contributed by atoms with van der Waals surface area (Å²) in [6.07, 6.45) is 1.17. The molecule has 2 heteroatoms. The molecule has 2 unspecified atom stereocenters. The van der Waals surface area contributed by atoms with Crippen LogP contribution in [-0.2, 0) is 0 Å². The Morgan fingerprint density at radius 3 is 2.55 bits per heavy atom. The second-order valence-corrected chi connectivity index (χ2v) is 4.12. The van der Waals surface area contributed by atoms with Crippen LogP contribution in [0.3, 0.4) is 0 Å². The number of hydrogen-bond donors (Lipinski definition) is 1. The number of likely N-dealkylation sites (tertiary alicyclic amines) is 1. The van der Waals surface area contributed by atoms with E-state index in [4.69, 9.17) is 5.73 Å². The molecular weight excluding hydrogens is 136 g/mol. The van der Waals surface area contributed by atoms with Crippen LogP contribution in [0.15, 0.2) is 0 Å². The van der Waals surface area contributed by atoms with Crippen LogP contribution in [-0.4, -0.2) is 31.1 Å². The number of nitrogens with two attached hydrogens (primary N) is 1. The minimum Gasteiger partial charge on any atom is -0.327 e. The summed E-state index contributed by atoms with van der Waals surface area (Å²) in [5.74, 6) is 1.43. The molecule has 2 atom stereocenters. The number of nitrogens with zero attached hydrogens (tertiary/aromatic N) is 1. The van der Waals surface area contributed by atoms with E-state index in [9.17, 15) is 0 Å². The molecule has 2 N–H and O–H groups in total. The van der Waals surface area contributed by atoms with Gasteiger partial charge in [0.05, 0.1) is 0 Å². The lowest BCUT2D eigenvalue weighted by atomic mass is 9.84. The molecule has 0 radical (unpaired) electrons. The highest BCUT2D eigenvalue weighted by Crippen LogP contribution is 2.21. The second kappa shape index (κ2) is 3.55. The normalized spacial score (nSPS) is 34.6. The lowest BCUT2D eigenvalue weighted by molar-refractivity contribution is 0.150. The zero-order valence-electron chi connectivity index (χ0n) is 7.88. The highest BCUT2D eigenvalue weighted by Gasteiger charge is 2.26. The van der Waals surface area contributed by atoms with Gasteiger partial charge in [-0.25, -0.2) is 0 Å². The van der Waals surface area contributed by atoms with Crippen LogP contribution in [0.5, 0.6) is 0 Å². The Hall–Kier alpha value is -0.0800. The third-order valence-corrected chi connectivity index (χ3v) is 2.77. The summed E-state index contributed by atoms with van der Waals surface area (Å²) in [6.45, 7) is 6.89. The summed E-state index contributed by atoms with van der Waals surface area (Å²) in [5.41, 5.74) is 6.02. The monoisotopic (exact) mass is 156 g/mol. The van der Waals surface area contributed by atoms with Crippen molar-refractivity contribution in [3.8, 4) is 0 Å². The number of hydrogen-bond acceptors (Lipinski definition) is 2. The van der Waals surface area contributed by atoms with Gasteiger partial charge in [0.1, 0.15) is 0 Å². The van der Waals surface area contributed by atoms with Gasteiger partial charge in [0.25, 0.3) is 0 Å². The predicted octanol–water partition coefficient (Wildman–Crippen LogP) is 0.921. The van der Waals surface area contributed by atoms with Crippen LogP contribution in [0.2, 0.25) is 0 Å². The first-order chi connectivity index (χ1) is 5.11. The Bertz CT molecular complexity index is 123. The summed E-state index contributed by atoms with van der Waals surface area (Å²) in [4.78, 5) is 2.38. The van der Waals surface area contributed by atoms with Gasteiger partial charge >= 0.3 is 0 Å². The zero-order valence-corrected chi connectivity index (χ0v) is 7.88. The van der Waals surface area contributed by atoms with Crippen molar-refractivity contribution in [3.05, 3.63) is 0 Å². The average Bonchev–Trinajstić information content (AvgIpc) is 1.94. The third kappa shape index (κ3) is 2.17. The molecule has 0 aromatic heterocycles. The Labute approximate surface area is 69.8 Å². The molecule has 2 nitrogen and oxygen atoms in total. The molecule has 1 saturated heterocycles. The van der Waals surface area contributed by atoms with Gasteiger partial charge in [0.15, 0.2) is 0 Å². The first-order valence-electron chi connectivity index (χ1n) is 4.55. The Kier molecular flexibility index (Phi) is 2.90. The van der Waals surface area contributed by atoms with Crippen molar-refractivity contribution in [1.82, 2.24) is 4.90 Å². The summed E-state index contributed by atoms with van der Waals surface area (Å²) in [6, 6.07) is 0.436. The topological polar surface area (TPSA) is 29.3 Å². The maximum Gasteiger partial charge on any atom is 0.00939 e. The maximum atomic E-state index is 6.02. The van der Waals surface area contributed by atoms with E-state index < -0.39 is 0 Å². The van der Waals surface area contributed by atoms with Gasteiger partial charge < -0.3 is 10.6 Å². The lowest BCUT2D eigenvalue weighted by Crippen LogP contribution is -2.47. The number of rotatable bonds is 1. The van der Waals surface area contributed by atoms with Crippen LogP contribution in [0.4, 0.5) is 0 Å². The van der Waals surface area contributed by atoms with E-state index in [1.54, 1.807) is 0 Å². The van der Waals surface area contributed by atoms with Gasteiger partial charge in [0, 0.05) is 12.6 Å². The van der Waals surface area contributed by atoms with Gasteiger partial charge in [0.2, 0.25) is 0 Å². The Morgan fingerprint density at radius 2 is 2.09 bits per heavy atom. The van der Waals surface area contributed by atoms with E-state index in [-0.39, 0.29) is 0 Å².